The summed E-state index contributed by atoms with van der Waals surface area (Å²) >= 11 is 0. The topological polar surface area (TPSA) is 68.6 Å². The molecule has 2 heterocycles. The highest BCUT2D eigenvalue weighted by Gasteiger charge is 2.31. The van der Waals surface area contributed by atoms with Crippen molar-refractivity contribution in [3.8, 4) is 6.07 Å². The van der Waals surface area contributed by atoms with Gasteiger partial charge in [-0.2, -0.15) is 5.26 Å². The van der Waals surface area contributed by atoms with Gasteiger partial charge in [-0.05, 0) is 63.0 Å². The predicted octanol–water partition coefficient (Wildman–Crippen LogP) is 2.00. The first-order valence-electron chi connectivity index (χ1n) is 10.4. The second-order valence-corrected chi connectivity index (χ2v) is 7.94. The van der Waals surface area contributed by atoms with Gasteiger partial charge in [-0.3, -0.25) is 14.6 Å². The zero-order valence-corrected chi connectivity index (χ0v) is 16.9. The van der Waals surface area contributed by atoms with E-state index in [2.05, 4.69) is 27.3 Å². The highest BCUT2D eigenvalue weighted by molar-refractivity contribution is 5.78. The highest BCUT2D eigenvalue weighted by Crippen LogP contribution is 2.24. The van der Waals surface area contributed by atoms with Crippen molar-refractivity contribution in [2.45, 2.75) is 38.3 Å². The summed E-state index contributed by atoms with van der Waals surface area (Å²) in [4.78, 5) is 17.4. The lowest BCUT2D eigenvalue weighted by Crippen LogP contribution is -2.50. The van der Waals surface area contributed by atoms with Crippen LogP contribution in [0.1, 0.15) is 36.8 Å². The Labute approximate surface area is 168 Å². The lowest BCUT2D eigenvalue weighted by Gasteiger charge is -2.42. The number of carbonyl (C=O) groups excluding carboxylic acids is 1. The average molecular weight is 385 g/mol. The van der Waals surface area contributed by atoms with E-state index in [9.17, 15) is 4.79 Å². The molecule has 1 aromatic carbocycles. The van der Waals surface area contributed by atoms with Crippen molar-refractivity contribution in [2.75, 3.05) is 46.4 Å². The van der Waals surface area contributed by atoms with E-state index in [0.717, 1.165) is 64.0 Å². The molecule has 6 nitrogen and oxygen atoms in total. The molecule has 28 heavy (non-hydrogen) atoms. The lowest BCUT2D eigenvalue weighted by atomic mass is 9.93. The van der Waals surface area contributed by atoms with Gasteiger partial charge in [0.25, 0.3) is 0 Å². The third-order valence-electron chi connectivity index (χ3n) is 5.96. The zero-order valence-electron chi connectivity index (χ0n) is 16.9. The summed E-state index contributed by atoms with van der Waals surface area (Å²) in [6.07, 6.45) is 4.39. The summed E-state index contributed by atoms with van der Waals surface area (Å²) in [5, 5.41) is 12.1. The number of nitrogens with zero attached hydrogens (tertiary/aromatic N) is 3. The van der Waals surface area contributed by atoms with Crippen LogP contribution in [0.25, 0.3) is 0 Å². The zero-order chi connectivity index (χ0) is 19.8. The van der Waals surface area contributed by atoms with Gasteiger partial charge in [0, 0.05) is 32.8 Å². The van der Waals surface area contributed by atoms with E-state index in [1.807, 2.05) is 18.2 Å². The van der Waals surface area contributed by atoms with Gasteiger partial charge >= 0.3 is 0 Å². The third kappa shape index (κ3) is 5.78. The van der Waals surface area contributed by atoms with Crippen LogP contribution in [0, 0.1) is 17.2 Å². The van der Waals surface area contributed by atoms with Gasteiger partial charge in [-0.1, -0.05) is 12.1 Å². The number of nitrogens with one attached hydrogen (secondary N) is 1. The van der Waals surface area contributed by atoms with Crippen LogP contribution in [0.2, 0.25) is 0 Å². The Hall–Kier alpha value is -1.94. The molecule has 0 aromatic heterocycles. The van der Waals surface area contributed by atoms with Crippen LogP contribution in [0.4, 0.5) is 0 Å². The molecule has 1 atom stereocenters. The molecule has 0 aliphatic carbocycles. The van der Waals surface area contributed by atoms with Gasteiger partial charge in [0.1, 0.15) is 0 Å². The summed E-state index contributed by atoms with van der Waals surface area (Å²) < 4.78 is 5.02. The number of hydrogen-bond donors (Lipinski definition) is 1. The maximum absolute atomic E-state index is 12.4. The van der Waals surface area contributed by atoms with Crippen molar-refractivity contribution >= 4 is 5.91 Å². The van der Waals surface area contributed by atoms with Crippen LogP contribution in [-0.2, 0) is 16.1 Å². The molecule has 1 unspecified atom stereocenters. The van der Waals surface area contributed by atoms with Gasteiger partial charge in [-0.15, -0.1) is 0 Å². The Morgan fingerprint density at radius 2 is 2.11 bits per heavy atom. The maximum Gasteiger partial charge on any atom is 0.224 e. The van der Waals surface area contributed by atoms with E-state index < -0.39 is 0 Å². The number of rotatable bonds is 7. The standard InChI is InChI=1S/C22H32N4O2/c1-28-13-9-24-22(27)20-6-3-10-26(17-20)21-7-11-25(12-8-21)16-19-5-2-4-18(14-19)15-23/h2,4-5,14,20-21H,3,6-13,16-17H2,1H3,(H,24,27). The fourth-order valence-corrected chi connectivity index (χ4v) is 4.41. The van der Waals surface area contributed by atoms with Gasteiger partial charge in [0.2, 0.25) is 5.91 Å². The number of nitriles is 1. The van der Waals surface area contributed by atoms with Crippen LogP contribution in [-0.4, -0.2) is 68.2 Å². The first kappa shape index (κ1) is 20.8. The summed E-state index contributed by atoms with van der Waals surface area (Å²) in [6, 6.07) is 10.7. The van der Waals surface area contributed by atoms with Crippen LogP contribution in [0.15, 0.2) is 24.3 Å². The molecule has 2 aliphatic heterocycles. The molecule has 1 amide bonds. The Morgan fingerprint density at radius 1 is 1.29 bits per heavy atom. The second-order valence-electron chi connectivity index (χ2n) is 7.94. The first-order chi connectivity index (χ1) is 13.7. The van der Waals surface area contributed by atoms with Gasteiger partial charge in [-0.25, -0.2) is 0 Å². The molecule has 1 aromatic rings. The van der Waals surface area contributed by atoms with Crippen molar-refractivity contribution in [1.29, 1.82) is 5.26 Å². The first-order valence-corrected chi connectivity index (χ1v) is 10.4. The minimum absolute atomic E-state index is 0.109. The number of carbonyl (C=O) groups is 1. The number of hydrogen-bond acceptors (Lipinski definition) is 5. The molecule has 0 radical (unpaired) electrons. The normalized spacial score (nSPS) is 21.9. The van der Waals surface area contributed by atoms with Crippen molar-refractivity contribution in [3.63, 3.8) is 0 Å². The van der Waals surface area contributed by atoms with Gasteiger partial charge < -0.3 is 10.1 Å². The van der Waals surface area contributed by atoms with E-state index in [-0.39, 0.29) is 11.8 Å². The minimum Gasteiger partial charge on any atom is -0.383 e. The smallest absolute Gasteiger partial charge is 0.224 e. The van der Waals surface area contributed by atoms with Crippen LogP contribution < -0.4 is 5.32 Å². The molecular weight excluding hydrogens is 352 g/mol. The summed E-state index contributed by atoms with van der Waals surface area (Å²) in [7, 11) is 1.65. The molecule has 3 rings (SSSR count). The molecular formula is C22H32N4O2. The summed E-state index contributed by atoms with van der Waals surface area (Å²) in [5.74, 6) is 0.286. The van der Waals surface area contributed by atoms with Crippen LogP contribution in [0.5, 0.6) is 0 Å². The summed E-state index contributed by atoms with van der Waals surface area (Å²) in [6.45, 7) is 6.21. The van der Waals surface area contributed by atoms with Crippen LogP contribution >= 0.6 is 0 Å². The van der Waals surface area contributed by atoms with Crippen molar-refractivity contribution < 1.29 is 9.53 Å². The van der Waals surface area contributed by atoms with E-state index in [1.165, 1.54) is 5.56 Å². The Morgan fingerprint density at radius 3 is 2.86 bits per heavy atom. The fraction of sp³-hybridized carbons (Fsp3) is 0.636. The van der Waals surface area contributed by atoms with E-state index in [4.69, 9.17) is 10.00 Å². The minimum atomic E-state index is 0.109. The van der Waals surface area contributed by atoms with E-state index in [0.29, 0.717) is 19.2 Å². The number of likely N-dealkylation sites (tertiary alicyclic amines) is 2. The van der Waals surface area contributed by atoms with Gasteiger partial charge in [0.05, 0.1) is 24.2 Å². The number of benzene rings is 1. The van der Waals surface area contributed by atoms with Crippen molar-refractivity contribution in [1.82, 2.24) is 15.1 Å². The number of methoxy groups -OCH3 is 1. The highest BCUT2D eigenvalue weighted by atomic mass is 16.5. The second kappa shape index (κ2) is 10.6. The molecule has 0 bridgehead atoms. The van der Waals surface area contributed by atoms with Crippen LogP contribution in [0.3, 0.4) is 0 Å². The Balaban J connectivity index is 1.45. The lowest BCUT2D eigenvalue weighted by molar-refractivity contribution is -0.127. The molecule has 2 fully saturated rings. The Bertz CT molecular complexity index is 679. The molecule has 1 N–H and O–H groups in total. The van der Waals surface area contributed by atoms with Gasteiger partial charge in [0.15, 0.2) is 0 Å². The average Bonchev–Trinajstić information content (AvgIpc) is 2.74. The maximum atomic E-state index is 12.4. The number of amides is 1. The monoisotopic (exact) mass is 384 g/mol. The number of ether oxygens (including phenoxy) is 1. The Kier molecular flexibility index (Phi) is 7.84. The van der Waals surface area contributed by atoms with E-state index >= 15 is 0 Å². The third-order valence-corrected chi connectivity index (χ3v) is 5.96. The molecule has 0 saturated carbocycles. The molecule has 6 heteroatoms. The fourth-order valence-electron chi connectivity index (χ4n) is 4.41. The molecule has 2 saturated heterocycles. The molecule has 0 spiro atoms. The summed E-state index contributed by atoms with van der Waals surface area (Å²) in [5.41, 5.74) is 1.94. The van der Waals surface area contributed by atoms with Crippen molar-refractivity contribution in [3.05, 3.63) is 35.4 Å². The van der Waals surface area contributed by atoms with Crippen molar-refractivity contribution in [2.24, 2.45) is 5.92 Å². The molecule has 152 valence electrons. The molecule has 2 aliphatic rings. The predicted molar refractivity (Wildman–Crippen MR) is 109 cm³/mol. The number of piperidine rings is 2. The SMILES string of the molecule is COCCNC(=O)C1CCCN(C2CCN(Cc3cccc(C#N)c3)CC2)C1. The van der Waals surface area contributed by atoms with E-state index in [1.54, 1.807) is 7.11 Å². The quantitative estimate of drug-likeness (QED) is 0.728. The largest absolute Gasteiger partial charge is 0.383 e.